The number of nitrogens with zero attached hydrogens (tertiary/aromatic N) is 3. The molecule has 0 saturated heterocycles. The maximum Gasteiger partial charge on any atom is 0.280 e. The molecule has 24 heavy (non-hydrogen) atoms. The first-order chi connectivity index (χ1) is 11.5. The van der Waals surface area contributed by atoms with Gasteiger partial charge in [0, 0.05) is 5.69 Å². The quantitative estimate of drug-likeness (QED) is 0.775. The van der Waals surface area contributed by atoms with Gasteiger partial charge in [-0.3, -0.25) is 4.79 Å². The molecule has 1 amide bonds. The average molecular weight is 325 g/mol. The van der Waals surface area contributed by atoms with Crippen molar-refractivity contribution in [2.45, 2.75) is 13.8 Å². The molecule has 2 aromatic carbocycles. The lowest BCUT2D eigenvalue weighted by molar-refractivity contribution is 0.102. The summed E-state index contributed by atoms with van der Waals surface area (Å²) in [5.74, 6) is -0.734. The van der Waals surface area contributed by atoms with E-state index in [2.05, 4.69) is 15.6 Å². The maximum atomic E-state index is 13.0. The van der Waals surface area contributed by atoms with Crippen LogP contribution >= 0.6 is 0 Å². The van der Waals surface area contributed by atoms with Crippen molar-refractivity contribution in [2.24, 2.45) is 0 Å². The normalized spacial score (nSPS) is 10.6. The molecule has 0 fully saturated rings. The van der Waals surface area contributed by atoms with E-state index in [4.69, 9.17) is 5.73 Å². The summed E-state index contributed by atoms with van der Waals surface area (Å²) >= 11 is 0. The Bertz CT molecular complexity index is 902. The summed E-state index contributed by atoms with van der Waals surface area (Å²) < 4.78 is 14.3. The van der Waals surface area contributed by atoms with Gasteiger partial charge >= 0.3 is 0 Å². The number of nitrogens with two attached hydrogens (primary N) is 1. The fourth-order valence-electron chi connectivity index (χ4n) is 2.36. The molecule has 0 atom stereocenters. The summed E-state index contributed by atoms with van der Waals surface area (Å²) in [4.78, 5) is 12.4. The second-order valence-corrected chi connectivity index (χ2v) is 5.48. The Hall–Kier alpha value is -3.22. The van der Waals surface area contributed by atoms with Crippen molar-refractivity contribution in [1.29, 1.82) is 0 Å². The van der Waals surface area contributed by atoms with Crippen LogP contribution in [0.4, 0.5) is 15.9 Å². The van der Waals surface area contributed by atoms with E-state index in [9.17, 15) is 9.18 Å². The average Bonchev–Trinajstić information content (AvgIpc) is 2.92. The van der Waals surface area contributed by atoms with Gasteiger partial charge in [-0.05, 0) is 49.7 Å². The van der Waals surface area contributed by atoms with Gasteiger partial charge in [-0.2, -0.15) is 4.68 Å². The second kappa shape index (κ2) is 6.11. The van der Waals surface area contributed by atoms with E-state index >= 15 is 0 Å². The van der Waals surface area contributed by atoms with Crippen LogP contribution in [-0.2, 0) is 0 Å². The van der Waals surface area contributed by atoms with Gasteiger partial charge in [0.1, 0.15) is 5.82 Å². The summed E-state index contributed by atoms with van der Waals surface area (Å²) in [5, 5.41) is 10.5. The van der Waals surface area contributed by atoms with Crippen LogP contribution < -0.4 is 11.1 Å². The number of carbonyl (C=O) groups is 1. The standard InChI is InChI=1S/C17H16FN5O/c1-10-3-8-14(11(2)9-10)20-17(24)15-16(19)23(22-21-15)13-6-4-12(18)5-7-13/h3-9H,19H2,1-2H3,(H,20,24). The minimum absolute atomic E-state index is 0.0132. The number of aryl methyl sites for hydroxylation is 2. The zero-order chi connectivity index (χ0) is 17.3. The Kier molecular flexibility index (Phi) is 3.99. The molecule has 1 aromatic heterocycles. The summed E-state index contributed by atoms with van der Waals surface area (Å²) in [5.41, 5.74) is 9.23. The third-order valence-corrected chi connectivity index (χ3v) is 3.62. The number of benzene rings is 2. The van der Waals surface area contributed by atoms with Crippen molar-refractivity contribution in [2.75, 3.05) is 11.1 Å². The number of nitrogens with one attached hydrogen (secondary N) is 1. The smallest absolute Gasteiger partial charge is 0.280 e. The van der Waals surface area contributed by atoms with Crippen molar-refractivity contribution in [1.82, 2.24) is 15.0 Å². The summed E-state index contributed by atoms with van der Waals surface area (Å²) in [6.07, 6.45) is 0. The minimum Gasteiger partial charge on any atom is -0.382 e. The fraction of sp³-hybridized carbons (Fsp3) is 0.118. The number of halogens is 1. The molecule has 7 heteroatoms. The molecule has 3 aromatic rings. The van der Waals surface area contributed by atoms with Crippen LogP contribution in [0.15, 0.2) is 42.5 Å². The van der Waals surface area contributed by atoms with E-state index in [1.165, 1.54) is 28.9 Å². The number of nitrogen functional groups attached to an aromatic ring is 1. The third-order valence-electron chi connectivity index (χ3n) is 3.62. The molecule has 0 radical (unpaired) electrons. The highest BCUT2D eigenvalue weighted by atomic mass is 19.1. The molecule has 0 aliphatic heterocycles. The van der Waals surface area contributed by atoms with Gasteiger partial charge in [0.2, 0.25) is 0 Å². The highest BCUT2D eigenvalue weighted by molar-refractivity contribution is 6.06. The number of anilines is 2. The van der Waals surface area contributed by atoms with Crippen molar-refractivity contribution >= 4 is 17.4 Å². The minimum atomic E-state index is -0.451. The summed E-state index contributed by atoms with van der Waals surface area (Å²) in [6, 6.07) is 11.3. The van der Waals surface area contributed by atoms with Gasteiger partial charge in [-0.15, -0.1) is 5.10 Å². The molecule has 3 rings (SSSR count). The largest absolute Gasteiger partial charge is 0.382 e. The van der Waals surface area contributed by atoms with Crippen molar-refractivity contribution in [3.8, 4) is 5.69 Å². The first-order valence-electron chi connectivity index (χ1n) is 7.31. The van der Waals surface area contributed by atoms with Crippen LogP contribution in [0.25, 0.3) is 5.69 Å². The number of hydrogen-bond donors (Lipinski definition) is 2. The predicted octanol–water partition coefficient (Wildman–Crippen LogP) is 2.86. The number of carbonyl (C=O) groups excluding carboxylic acids is 1. The molecule has 0 aliphatic rings. The Morgan fingerprint density at radius 1 is 1.17 bits per heavy atom. The third kappa shape index (κ3) is 2.96. The van der Waals surface area contributed by atoms with Crippen LogP contribution in [-0.4, -0.2) is 20.9 Å². The molecule has 0 spiro atoms. The van der Waals surface area contributed by atoms with E-state index < -0.39 is 5.91 Å². The van der Waals surface area contributed by atoms with Crippen LogP contribution in [0, 0.1) is 19.7 Å². The van der Waals surface area contributed by atoms with Gasteiger partial charge in [-0.25, -0.2) is 4.39 Å². The van der Waals surface area contributed by atoms with Crippen LogP contribution in [0.1, 0.15) is 21.6 Å². The van der Waals surface area contributed by atoms with Gasteiger partial charge in [-0.1, -0.05) is 22.9 Å². The van der Waals surface area contributed by atoms with Crippen molar-refractivity contribution < 1.29 is 9.18 Å². The van der Waals surface area contributed by atoms with Crippen LogP contribution in [0.3, 0.4) is 0 Å². The Balaban J connectivity index is 1.87. The molecule has 1 heterocycles. The number of rotatable bonds is 3. The number of aromatic nitrogens is 3. The van der Waals surface area contributed by atoms with E-state index in [-0.39, 0.29) is 17.3 Å². The molecule has 0 unspecified atom stereocenters. The predicted molar refractivity (Wildman–Crippen MR) is 89.6 cm³/mol. The van der Waals surface area contributed by atoms with E-state index in [1.807, 2.05) is 32.0 Å². The highest BCUT2D eigenvalue weighted by Crippen LogP contribution is 2.19. The Labute approximate surface area is 138 Å². The lowest BCUT2D eigenvalue weighted by atomic mass is 10.1. The molecule has 0 bridgehead atoms. The van der Waals surface area contributed by atoms with Gasteiger partial charge in [0.05, 0.1) is 5.69 Å². The molecular weight excluding hydrogens is 309 g/mol. The molecule has 3 N–H and O–H groups in total. The highest BCUT2D eigenvalue weighted by Gasteiger charge is 2.19. The molecule has 0 saturated carbocycles. The summed E-state index contributed by atoms with van der Waals surface area (Å²) in [7, 11) is 0. The maximum absolute atomic E-state index is 13.0. The fourth-order valence-corrected chi connectivity index (χ4v) is 2.36. The second-order valence-electron chi connectivity index (χ2n) is 5.48. The van der Waals surface area contributed by atoms with Crippen LogP contribution in [0.5, 0.6) is 0 Å². The molecule has 6 nitrogen and oxygen atoms in total. The Morgan fingerprint density at radius 2 is 1.88 bits per heavy atom. The molecule has 0 aliphatic carbocycles. The SMILES string of the molecule is Cc1ccc(NC(=O)c2nnn(-c3ccc(F)cc3)c2N)c(C)c1. The zero-order valence-corrected chi connectivity index (χ0v) is 13.2. The van der Waals surface area contributed by atoms with Crippen molar-refractivity contribution in [3.63, 3.8) is 0 Å². The van der Waals surface area contributed by atoms with E-state index in [0.717, 1.165) is 11.1 Å². The topological polar surface area (TPSA) is 85.8 Å². The zero-order valence-electron chi connectivity index (χ0n) is 13.2. The number of amides is 1. The lowest BCUT2D eigenvalue weighted by Crippen LogP contribution is -2.15. The van der Waals surface area contributed by atoms with Crippen LogP contribution in [0.2, 0.25) is 0 Å². The van der Waals surface area contributed by atoms with Gasteiger partial charge in [0.25, 0.3) is 5.91 Å². The van der Waals surface area contributed by atoms with Crippen molar-refractivity contribution in [3.05, 3.63) is 65.1 Å². The Morgan fingerprint density at radius 3 is 2.54 bits per heavy atom. The first-order valence-corrected chi connectivity index (χ1v) is 7.31. The van der Waals surface area contributed by atoms with Gasteiger partial charge in [0.15, 0.2) is 11.5 Å². The number of hydrogen-bond acceptors (Lipinski definition) is 4. The lowest BCUT2D eigenvalue weighted by Gasteiger charge is -2.08. The van der Waals surface area contributed by atoms with Gasteiger partial charge < -0.3 is 11.1 Å². The summed E-state index contributed by atoms with van der Waals surface area (Å²) in [6.45, 7) is 3.88. The monoisotopic (exact) mass is 325 g/mol. The first kappa shape index (κ1) is 15.7. The molecule has 122 valence electrons. The van der Waals surface area contributed by atoms with E-state index in [1.54, 1.807) is 0 Å². The molecular formula is C17H16FN5O. The van der Waals surface area contributed by atoms with E-state index in [0.29, 0.717) is 11.4 Å².